The molecule has 1 unspecified atom stereocenters. The van der Waals surface area contributed by atoms with Crippen molar-refractivity contribution in [3.8, 4) is 0 Å². The van der Waals surface area contributed by atoms with Crippen molar-refractivity contribution < 1.29 is 14.4 Å². The average molecular weight is 435 g/mol. The van der Waals surface area contributed by atoms with Crippen LogP contribution in [0.2, 0.25) is 9.88 Å². The second-order valence-electron chi connectivity index (χ2n) is 3.49. The van der Waals surface area contributed by atoms with Crippen LogP contribution < -0.4 is 5.11 Å². The molecule has 0 saturated heterocycles. The van der Waals surface area contributed by atoms with Gasteiger partial charge in [-0.25, -0.2) is 0 Å². The molecule has 0 saturated carbocycles. The Kier molecular flexibility index (Phi) is 19.9. The van der Waals surface area contributed by atoms with Crippen LogP contribution in [-0.4, -0.2) is 33.0 Å². The Morgan fingerprint density at radius 2 is 1.83 bits per heavy atom. The van der Waals surface area contributed by atoms with Gasteiger partial charge in [0.1, 0.15) is 0 Å². The van der Waals surface area contributed by atoms with E-state index in [9.17, 15) is 9.90 Å². The molecule has 0 aliphatic rings. The number of hydrogen-bond donors (Lipinski definition) is 1. The first-order valence-corrected chi connectivity index (χ1v) is 15.7. The first kappa shape index (κ1) is 24.3. The van der Waals surface area contributed by atoms with Crippen molar-refractivity contribution in [2.75, 3.05) is 0 Å². The van der Waals surface area contributed by atoms with E-state index in [0.29, 0.717) is 0 Å². The van der Waals surface area contributed by atoms with Gasteiger partial charge in [-0.05, 0) is 31.5 Å². The molecule has 0 fully saturated rings. The number of carbonyl (C=O) groups is 1. The quantitative estimate of drug-likeness (QED) is 0.185. The van der Waals surface area contributed by atoms with E-state index < -0.39 is 4.67 Å². The number of rotatable bonds is 3. The summed E-state index contributed by atoms with van der Waals surface area (Å²) in [7, 11) is 0. The molecule has 106 valence electrons. The predicted octanol–water partition coefficient (Wildman–Crippen LogP) is 2.74. The normalized spacial score (nSPS) is 13.3. The van der Waals surface area contributed by atoms with E-state index in [-0.39, 0.29) is 38.8 Å². The molecular formula is C10H21O3PS3Sn. The van der Waals surface area contributed by atoms with E-state index in [4.69, 9.17) is 28.6 Å². The molecule has 18 heavy (non-hydrogen) atoms. The van der Waals surface area contributed by atoms with Crippen molar-refractivity contribution in [1.29, 1.82) is 0 Å². The van der Waals surface area contributed by atoms with E-state index >= 15 is 0 Å². The van der Waals surface area contributed by atoms with E-state index in [0.717, 1.165) is 6.08 Å². The molecule has 0 aromatic rings. The Morgan fingerprint density at radius 1 is 1.50 bits per heavy atom. The van der Waals surface area contributed by atoms with Gasteiger partial charge in [0.25, 0.3) is 0 Å². The Bertz CT molecular complexity index is 286. The van der Waals surface area contributed by atoms with Gasteiger partial charge in [-0.3, -0.25) is 4.79 Å². The zero-order valence-electron chi connectivity index (χ0n) is 11.6. The van der Waals surface area contributed by atoms with Gasteiger partial charge < -0.3 is 21.9 Å². The number of hydrogen-bond acceptors (Lipinski definition) is 5. The maximum absolute atomic E-state index is 9.98. The van der Waals surface area contributed by atoms with Crippen molar-refractivity contribution in [2.45, 2.75) is 43.7 Å². The van der Waals surface area contributed by atoms with Crippen molar-refractivity contribution in [1.82, 2.24) is 0 Å². The average Bonchev–Trinajstić information content (AvgIpc) is 1.96. The summed E-state index contributed by atoms with van der Waals surface area (Å²) in [5.41, 5.74) is 0. The maximum atomic E-state index is 9.98. The second-order valence-corrected chi connectivity index (χ2v) is 14.6. The Hall–Kier alpha value is 1.32. The summed E-state index contributed by atoms with van der Waals surface area (Å²) in [6, 6.07) is 0. The van der Waals surface area contributed by atoms with Crippen LogP contribution >= 0.6 is 16.9 Å². The van der Waals surface area contributed by atoms with Crippen molar-refractivity contribution >= 4 is 67.9 Å². The molecule has 3 nitrogen and oxygen atoms in total. The van der Waals surface area contributed by atoms with Crippen LogP contribution in [0, 0.1) is 0 Å². The molecule has 0 N–H and O–H groups in total. The van der Waals surface area contributed by atoms with Crippen LogP contribution in [0.15, 0.2) is 11.8 Å². The Morgan fingerprint density at radius 3 is 1.83 bits per heavy atom. The molecule has 0 bridgehead atoms. The molecular weight excluding hydrogens is 414 g/mol. The monoisotopic (exact) mass is 436 g/mol. The van der Waals surface area contributed by atoms with E-state index in [1.807, 2.05) is 13.8 Å². The zero-order valence-corrected chi connectivity index (χ0v) is 17.9. The van der Waals surface area contributed by atoms with Gasteiger partial charge in [-0.1, -0.05) is 18.7 Å². The summed E-state index contributed by atoms with van der Waals surface area (Å²) >= 11 is 13.6. The van der Waals surface area contributed by atoms with Gasteiger partial charge >= 0.3 is 31.0 Å². The van der Waals surface area contributed by atoms with Crippen LogP contribution in [-0.2, 0) is 33.4 Å². The predicted molar refractivity (Wildman–Crippen MR) is 88.8 cm³/mol. The number of carbonyl (C=O) groups excluding carboxylic acids is 1. The fourth-order valence-corrected chi connectivity index (χ4v) is 2.68. The third-order valence-electron chi connectivity index (χ3n) is 0.751. The van der Waals surface area contributed by atoms with Crippen molar-refractivity contribution in [3.63, 3.8) is 0 Å². The van der Waals surface area contributed by atoms with Gasteiger partial charge in [0.15, 0.2) is 5.78 Å². The van der Waals surface area contributed by atoms with Gasteiger partial charge in [0.2, 0.25) is 0 Å². The zero-order chi connectivity index (χ0) is 15.4. The van der Waals surface area contributed by atoms with E-state index in [2.05, 4.69) is 22.1 Å². The molecule has 0 aromatic carbocycles. The summed E-state index contributed by atoms with van der Waals surface area (Å²) < 4.78 is 2.93. The van der Waals surface area contributed by atoms with Crippen LogP contribution in [0.5, 0.6) is 0 Å². The van der Waals surface area contributed by atoms with Gasteiger partial charge in [0.05, 0.1) is 6.10 Å². The van der Waals surface area contributed by atoms with Crippen LogP contribution in [0.3, 0.4) is 0 Å². The topological polar surface area (TPSA) is 49.4 Å². The summed E-state index contributed by atoms with van der Waals surface area (Å²) in [5, 5.41) is 9.98. The van der Waals surface area contributed by atoms with Crippen LogP contribution in [0.1, 0.15) is 27.7 Å². The number of allylic oxidation sites excluding steroid dienone is 2. The minimum atomic E-state index is -2.11. The summed E-state index contributed by atoms with van der Waals surface area (Å²) in [6.45, 7) is 6.48. The summed E-state index contributed by atoms with van der Waals surface area (Å²) in [5.74, 6) is -0.375. The number of thiol groups is 1. The molecule has 0 rings (SSSR count). The molecule has 8 heteroatoms. The van der Waals surface area contributed by atoms with Crippen LogP contribution in [0.4, 0.5) is 0 Å². The molecule has 0 spiro atoms. The molecule has 0 aliphatic carbocycles. The van der Waals surface area contributed by atoms with E-state index in [1.165, 1.54) is 13.8 Å². The molecule has 0 amide bonds. The van der Waals surface area contributed by atoms with Crippen molar-refractivity contribution in [3.05, 3.63) is 11.8 Å². The fourth-order valence-electron chi connectivity index (χ4n) is 0.553. The van der Waals surface area contributed by atoms with E-state index in [1.54, 1.807) is 0 Å². The first-order chi connectivity index (χ1) is 7.96. The molecule has 0 heterocycles. The summed E-state index contributed by atoms with van der Waals surface area (Å²) in [4.78, 5) is 14.6. The molecule has 0 aromatic heterocycles. The SMILES string of the molecule is CC(=O)/C=C(/C)[O-].CC(C)OP(=S)([S-])S.[CH3][Sn+2][CH3]. The molecule has 0 radical (unpaired) electrons. The Balaban J connectivity index is -0.000000207. The first-order valence-electron chi connectivity index (χ1n) is 5.12. The summed E-state index contributed by atoms with van der Waals surface area (Å²) in [6.07, 6.45) is 1.16. The van der Waals surface area contributed by atoms with Gasteiger partial charge in [0, 0.05) is 0 Å². The Labute approximate surface area is 137 Å². The fraction of sp³-hybridized carbons (Fsp3) is 0.700. The molecule has 1 atom stereocenters. The molecule has 0 aliphatic heterocycles. The number of ketones is 1. The third-order valence-corrected chi connectivity index (χ3v) is 2.24. The van der Waals surface area contributed by atoms with Crippen molar-refractivity contribution in [2.24, 2.45) is 0 Å². The second kappa shape index (κ2) is 14.7. The van der Waals surface area contributed by atoms with Crippen LogP contribution in [0.25, 0.3) is 0 Å². The van der Waals surface area contributed by atoms with Gasteiger partial charge in [-0.2, -0.15) is 0 Å². The minimum absolute atomic E-state index is 0.107. The third kappa shape index (κ3) is 43.3. The standard InChI is InChI=1S/C5H8O2.C3H9OPS3.2CH3.Sn/c1-4(6)3-5(2)7;1-3(2)4-5(6,7)8;;;/h3,6H,1-2H3;3H,1-2H3,(H2,6,7,8);2*1H3;/q;;;;+2/p-2/b4-3-;;;;. The van der Waals surface area contributed by atoms with Gasteiger partial charge in [-0.15, -0.1) is 18.0 Å².